The van der Waals surface area contributed by atoms with E-state index in [2.05, 4.69) is 4.74 Å². The van der Waals surface area contributed by atoms with Crippen LogP contribution in [0.25, 0.3) is 10.9 Å². The van der Waals surface area contributed by atoms with Crippen molar-refractivity contribution in [2.24, 2.45) is 7.05 Å². The first-order valence-electron chi connectivity index (χ1n) is 7.63. The normalized spacial score (nSPS) is 10.0. The summed E-state index contributed by atoms with van der Waals surface area (Å²) in [5, 5.41) is 11.3. The van der Waals surface area contributed by atoms with Crippen molar-refractivity contribution in [2.45, 2.75) is 33.1 Å². The number of nitrogens with zero attached hydrogens (tertiary/aromatic N) is 2. The Morgan fingerprint density at radius 2 is 2.00 bits per heavy atom. The first-order chi connectivity index (χ1) is 11.3. The molecular formula is C17H22N2O5. The van der Waals surface area contributed by atoms with Crippen LogP contribution >= 0.6 is 0 Å². The van der Waals surface area contributed by atoms with Crippen LogP contribution in [0, 0.1) is 17.0 Å². The van der Waals surface area contributed by atoms with Gasteiger partial charge in [-0.2, -0.15) is 0 Å². The predicted octanol–water partition coefficient (Wildman–Crippen LogP) is 3.10. The van der Waals surface area contributed by atoms with E-state index in [-0.39, 0.29) is 17.2 Å². The molecule has 7 nitrogen and oxygen atoms in total. The lowest BCUT2D eigenvalue weighted by atomic mass is 10.1. The van der Waals surface area contributed by atoms with Gasteiger partial charge in [0.1, 0.15) is 0 Å². The van der Waals surface area contributed by atoms with Crippen LogP contribution in [-0.4, -0.2) is 22.6 Å². The molecule has 0 aliphatic heterocycles. The van der Waals surface area contributed by atoms with E-state index in [1.807, 2.05) is 6.92 Å². The zero-order valence-corrected chi connectivity index (χ0v) is 14.4. The molecule has 24 heavy (non-hydrogen) atoms. The maximum atomic E-state index is 11.6. The van der Waals surface area contributed by atoms with Gasteiger partial charge in [0, 0.05) is 36.6 Å². The average Bonchev–Trinajstić information content (AvgIpc) is 2.57. The molecule has 0 aliphatic carbocycles. The zero-order valence-electron chi connectivity index (χ0n) is 14.4. The molecule has 0 spiro atoms. The number of methoxy groups -OCH3 is 1. The number of fused-ring (bicyclic) bond motifs is 1. The van der Waals surface area contributed by atoms with Gasteiger partial charge in [-0.25, -0.2) is 0 Å². The number of aryl methyl sites for hydroxylation is 2. The number of unbranched alkanes of at least 4 members (excludes halogenated alkanes) is 1. The highest BCUT2D eigenvalue weighted by Crippen LogP contribution is 2.19. The maximum Gasteiger partial charge on any atom is 0.305 e. The van der Waals surface area contributed by atoms with E-state index in [1.54, 1.807) is 26.1 Å². The van der Waals surface area contributed by atoms with E-state index in [9.17, 15) is 19.7 Å². The Kier molecular flexibility index (Phi) is 7.10. The Bertz CT molecular complexity index is 795. The predicted molar refractivity (Wildman–Crippen MR) is 92.1 cm³/mol. The summed E-state index contributed by atoms with van der Waals surface area (Å²) in [5.41, 5.74) is 1.23. The van der Waals surface area contributed by atoms with Crippen LogP contribution in [0.1, 0.15) is 31.7 Å². The van der Waals surface area contributed by atoms with Crippen LogP contribution in [0.15, 0.2) is 29.1 Å². The van der Waals surface area contributed by atoms with E-state index in [0.717, 1.165) is 12.8 Å². The second-order valence-electron chi connectivity index (χ2n) is 5.37. The van der Waals surface area contributed by atoms with Crippen molar-refractivity contribution in [2.75, 3.05) is 7.11 Å². The molecule has 0 unspecified atom stereocenters. The minimum atomic E-state index is -0.445. The highest BCUT2D eigenvalue weighted by Gasteiger charge is 2.09. The van der Waals surface area contributed by atoms with Crippen molar-refractivity contribution in [1.82, 2.24) is 4.57 Å². The number of pyridine rings is 1. The number of esters is 1. The van der Waals surface area contributed by atoms with Gasteiger partial charge in [-0.1, -0.05) is 13.3 Å². The summed E-state index contributed by atoms with van der Waals surface area (Å²) in [5.74, 6) is -0.105. The fourth-order valence-corrected chi connectivity index (χ4v) is 2.17. The molecule has 0 fully saturated rings. The van der Waals surface area contributed by atoms with Gasteiger partial charge in [-0.05, 0) is 25.5 Å². The Balaban J connectivity index is 0.000000307. The SMILES string of the molecule is CCCCC(=O)OC.Cc1cc2cc([N+](=O)[O-])ccc2n(C)c1=O. The van der Waals surface area contributed by atoms with Crippen molar-refractivity contribution in [3.8, 4) is 0 Å². The molecule has 1 heterocycles. The molecule has 2 aromatic rings. The molecular weight excluding hydrogens is 312 g/mol. The number of rotatable bonds is 4. The average molecular weight is 334 g/mol. The quantitative estimate of drug-likeness (QED) is 0.487. The summed E-state index contributed by atoms with van der Waals surface area (Å²) >= 11 is 0. The van der Waals surface area contributed by atoms with E-state index >= 15 is 0 Å². The Morgan fingerprint density at radius 3 is 2.54 bits per heavy atom. The summed E-state index contributed by atoms with van der Waals surface area (Å²) < 4.78 is 5.91. The Morgan fingerprint density at radius 1 is 1.33 bits per heavy atom. The fourth-order valence-electron chi connectivity index (χ4n) is 2.17. The van der Waals surface area contributed by atoms with Crippen LogP contribution in [-0.2, 0) is 16.6 Å². The third kappa shape index (κ3) is 4.91. The van der Waals surface area contributed by atoms with Gasteiger partial charge < -0.3 is 9.30 Å². The zero-order chi connectivity index (χ0) is 18.3. The third-order valence-corrected chi connectivity index (χ3v) is 3.56. The largest absolute Gasteiger partial charge is 0.469 e. The number of ether oxygens (including phenoxy) is 1. The summed E-state index contributed by atoms with van der Waals surface area (Å²) in [6.07, 6.45) is 2.55. The molecule has 0 amide bonds. The highest BCUT2D eigenvalue weighted by atomic mass is 16.6. The number of non-ortho nitro benzene ring substituents is 1. The molecule has 0 saturated carbocycles. The van der Waals surface area contributed by atoms with E-state index in [1.165, 1.54) is 23.8 Å². The van der Waals surface area contributed by atoms with E-state index in [0.29, 0.717) is 22.9 Å². The molecule has 0 radical (unpaired) electrons. The smallest absolute Gasteiger partial charge is 0.305 e. The number of hydrogen-bond donors (Lipinski definition) is 0. The third-order valence-electron chi connectivity index (χ3n) is 3.56. The molecule has 1 aromatic heterocycles. The number of carbonyl (C=O) groups is 1. The van der Waals surface area contributed by atoms with Crippen LogP contribution in [0.3, 0.4) is 0 Å². The van der Waals surface area contributed by atoms with Crippen molar-refractivity contribution < 1.29 is 14.5 Å². The standard InChI is InChI=1S/C11H10N2O3.C6H12O2/c1-7-5-8-6-9(13(15)16)3-4-10(8)12(2)11(7)14;1-3-4-5-6(7)8-2/h3-6H,1-2H3;3-5H2,1-2H3. The monoisotopic (exact) mass is 334 g/mol. The summed E-state index contributed by atoms with van der Waals surface area (Å²) in [7, 11) is 3.07. The molecule has 0 N–H and O–H groups in total. The number of carbonyl (C=O) groups excluding carboxylic acids is 1. The van der Waals surface area contributed by atoms with Gasteiger partial charge in [0.15, 0.2) is 0 Å². The number of nitro groups is 1. The van der Waals surface area contributed by atoms with Crippen molar-refractivity contribution in [1.29, 1.82) is 0 Å². The molecule has 0 aliphatic rings. The Labute approximate surface area is 140 Å². The topological polar surface area (TPSA) is 91.4 Å². The number of hydrogen-bond acceptors (Lipinski definition) is 5. The maximum absolute atomic E-state index is 11.6. The molecule has 0 bridgehead atoms. The first kappa shape index (κ1) is 19.3. The van der Waals surface area contributed by atoms with Crippen LogP contribution in [0.2, 0.25) is 0 Å². The molecule has 0 atom stereocenters. The molecule has 0 saturated heterocycles. The van der Waals surface area contributed by atoms with Crippen molar-refractivity contribution in [3.05, 3.63) is 50.3 Å². The van der Waals surface area contributed by atoms with Crippen LogP contribution in [0.5, 0.6) is 0 Å². The number of nitro benzene ring substituents is 1. The minimum absolute atomic E-state index is 0.0329. The lowest BCUT2D eigenvalue weighted by molar-refractivity contribution is -0.384. The Hall–Kier alpha value is -2.70. The van der Waals surface area contributed by atoms with Gasteiger partial charge in [0.05, 0.1) is 17.5 Å². The second-order valence-corrected chi connectivity index (χ2v) is 5.37. The van der Waals surface area contributed by atoms with E-state index < -0.39 is 4.92 Å². The first-order valence-corrected chi connectivity index (χ1v) is 7.63. The lowest BCUT2D eigenvalue weighted by Gasteiger charge is -2.05. The van der Waals surface area contributed by atoms with Gasteiger partial charge in [0.25, 0.3) is 11.2 Å². The van der Waals surface area contributed by atoms with Crippen LogP contribution in [0.4, 0.5) is 5.69 Å². The molecule has 2 rings (SSSR count). The molecule has 7 heteroatoms. The number of benzene rings is 1. The van der Waals surface area contributed by atoms with Gasteiger partial charge >= 0.3 is 5.97 Å². The molecule has 130 valence electrons. The fraction of sp³-hybridized carbons (Fsp3) is 0.412. The van der Waals surface area contributed by atoms with Crippen molar-refractivity contribution in [3.63, 3.8) is 0 Å². The van der Waals surface area contributed by atoms with E-state index in [4.69, 9.17) is 0 Å². The molecule has 1 aromatic carbocycles. The van der Waals surface area contributed by atoms with Gasteiger partial charge in [-0.15, -0.1) is 0 Å². The van der Waals surface area contributed by atoms with Crippen molar-refractivity contribution >= 4 is 22.6 Å². The summed E-state index contributed by atoms with van der Waals surface area (Å²) in [6, 6.07) is 6.14. The minimum Gasteiger partial charge on any atom is -0.469 e. The lowest BCUT2D eigenvalue weighted by Crippen LogP contribution is -2.19. The van der Waals surface area contributed by atoms with Crippen LogP contribution < -0.4 is 5.56 Å². The summed E-state index contributed by atoms with van der Waals surface area (Å²) in [6.45, 7) is 3.74. The highest BCUT2D eigenvalue weighted by molar-refractivity contribution is 5.82. The van der Waals surface area contributed by atoms with Gasteiger partial charge in [-0.3, -0.25) is 19.7 Å². The van der Waals surface area contributed by atoms with Gasteiger partial charge in [0.2, 0.25) is 0 Å². The second kappa shape index (κ2) is 8.81. The summed E-state index contributed by atoms with van der Waals surface area (Å²) in [4.78, 5) is 32.2. The number of aromatic nitrogens is 1.